The first-order valence-electron chi connectivity index (χ1n) is 6.60. The summed E-state index contributed by atoms with van der Waals surface area (Å²) in [6, 6.07) is 5.44. The van der Waals surface area contributed by atoms with Gasteiger partial charge in [0.2, 0.25) is 5.91 Å². The van der Waals surface area contributed by atoms with E-state index in [1.54, 1.807) is 12.1 Å². The monoisotopic (exact) mass is 293 g/mol. The van der Waals surface area contributed by atoms with Crippen LogP contribution in [0, 0.1) is 0 Å². The van der Waals surface area contributed by atoms with Crippen LogP contribution in [0.15, 0.2) is 24.3 Å². The number of carbonyl (C=O) groups excluding carboxylic acids is 2. The number of urea groups is 1. The smallest absolute Gasteiger partial charge is 0.326 e. The number of rotatable bonds is 7. The van der Waals surface area contributed by atoms with Crippen LogP contribution in [0.4, 0.5) is 10.5 Å². The van der Waals surface area contributed by atoms with E-state index in [-0.39, 0.29) is 12.8 Å². The molecular formula is C14H19N3O4. The standard InChI is InChI=1S/C14H19N3O4/c1-2-9-5-3-4-6-10(9)16-14(21)17-11(13(19)20)7-8-12(15)18/h3-6,11H,2,7-8H2,1H3,(H2,15,18)(H,19,20)(H2,16,17,21)/t11-/m1/s1. The summed E-state index contributed by atoms with van der Waals surface area (Å²) in [4.78, 5) is 33.6. The van der Waals surface area contributed by atoms with Gasteiger partial charge in [-0.2, -0.15) is 0 Å². The highest BCUT2D eigenvalue weighted by molar-refractivity contribution is 5.93. The van der Waals surface area contributed by atoms with Gasteiger partial charge in [0.15, 0.2) is 0 Å². The summed E-state index contributed by atoms with van der Waals surface area (Å²) < 4.78 is 0. The summed E-state index contributed by atoms with van der Waals surface area (Å²) in [5.74, 6) is -1.82. The lowest BCUT2D eigenvalue weighted by molar-refractivity contribution is -0.139. The first-order valence-corrected chi connectivity index (χ1v) is 6.60. The Kier molecular flexibility index (Phi) is 6.19. The van der Waals surface area contributed by atoms with E-state index in [4.69, 9.17) is 10.8 Å². The molecule has 3 amide bonds. The van der Waals surface area contributed by atoms with E-state index in [0.29, 0.717) is 5.69 Å². The molecule has 7 nitrogen and oxygen atoms in total. The number of carboxylic acids is 1. The number of hydrogen-bond acceptors (Lipinski definition) is 3. The molecule has 1 aromatic carbocycles. The van der Waals surface area contributed by atoms with Crippen molar-refractivity contribution in [3.05, 3.63) is 29.8 Å². The van der Waals surface area contributed by atoms with Gasteiger partial charge in [0.25, 0.3) is 0 Å². The maximum absolute atomic E-state index is 11.8. The van der Waals surface area contributed by atoms with E-state index in [1.165, 1.54) is 0 Å². The summed E-state index contributed by atoms with van der Waals surface area (Å²) in [6.07, 6.45) is 0.580. The Hall–Kier alpha value is -2.57. The maximum Gasteiger partial charge on any atom is 0.326 e. The summed E-state index contributed by atoms with van der Waals surface area (Å²) in [5, 5.41) is 13.9. The van der Waals surface area contributed by atoms with Crippen molar-refractivity contribution in [2.75, 3.05) is 5.32 Å². The molecule has 0 aromatic heterocycles. The van der Waals surface area contributed by atoms with Crippen molar-refractivity contribution >= 4 is 23.6 Å². The topological polar surface area (TPSA) is 122 Å². The molecule has 0 aliphatic rings. The number of nitrogens with two attached hydrogens (primary N) is 1. The van der Waals surface area contributed by atoms with E-state index in [2.05, 4.69) is 10.6 Å². The van der Waals surface area contributed by atoms with Crippen molar-refractivity contribution in [3.63, 3.8) is 0 Å². The van der Waals surface area contributed by atoms with Gasteiger partial charge in [-0.05, 0) is 24.5 Å². The average Bonchev–Trinajstić information content (AvgIpc) is 2.43. The van der Waals surface area contributed by atoms with Crippen LogP contribution in [-0.2, 0) is 16.0 Å². The molecule has 0 aliphatic carbocycles. The molecule has 1 aromatic rings. The molecule has 0 aliphatic heterocycles. The number of aliphatic carboxylic acids is 1. The van der Waals surface area contributed by atoms with Crippen molar-refractivity contribution in [1.29, 1.82) is 0 Å². The van der Waals surface area contributed by atoms with Gasteiger partial charge in [-0.15, -0.1) is 0 Å². The molecule has 0 bridgehead atoms. The van der Waals surface area contributed by atoms with Crippen molar-refractivity contribution in [3.8, 4) is 0 Å². The van der Waals surface area contributed by atoms with Gasteiger partial charge in [-0.25, -0.2) is 9.59 Å². The second-order valence-electron chi connectivity index (χ2n) is 4.50. The fourth-order valence-electron chi connectivity index (χ4n) is 1.81. The van der Waals surface area contributed by atoms with Crippen molar-refractivity contribution in [2.45, 2.75) is 32.2 Å². The van der Waals surface area contributed by atoms with Gasteiger partial charge in [-0.3, -0.25) is 4.79 Å². The number of carbonyl (C=O) groups is 3. The minimum Gasteiger partial charge on any atom is -0.480 e. The fourth-order valence-corrected chi connectivity index (χ4v) is 1.81. The first-order chi connectivity index (χ1) is 9.93. The SMILES string of the molecule is CCc1ccccc1NC(=O)N[C@H](CCC(N)=O)C(=O)O. The summed E-state index contributed by atoms with van der Waals surface area (Å²) in [6.45, 7) is 1.95. The Morgan fingerprint density at radius 1 is 1.29 bits per heavy atom. The molecule has 0 heterocycles. The Morgan fingerprint density at radius 3 is 2.52 bits per heavy atom. The normalized spacial score (nSPS) is 11.5. The zero-order valence-corrected chi connectivity index (χ0v) is 11.8. The number of nitrogens with one attached hydrogen (secondary N) is 2. The predicted octanol–water partition coefficient (Wildman–Crippen LogP) is 1.09. The summed E-state index contributed by atoms with van der Waals surface area (Å²) >= 11 is 0. The number of primary amides is 1. The summed E-state index contributed by atoms with van der Waals surface area (Å²) in [5.41, 5.74) is 6.54. The van der Waals surface area contributed by atoms with Crippen LogP contribution in [0.3, 0.4) is 0 Å². The second kappa shape index (κ2) is 7.88. The lowest BCUT2D eigenvalue weighted by atomic mass is 10.1. The quantitative estimate of drug-likeness (QED) is 0.601. The lowest BCUT2D eigenvalue weighted by Crippen LogP contribution is -2.43. The molecule has 114 valence electrons. The van der Waals surface area contributed by atoms with Crippen LogP contribution in [-0.4, -0.2) is 29.1 Å². The molecule has 5 N–H and O–H groups in total. The van der Waals surface area contributed by atoms with Gasteiger partial charge in [0, 0.05) is 12.1 Å². The number of carboxylic acid groups (broad SMARTS) is 1. The average molecular weight is 293 g/mol. The molecule has 7 heteroatoms. The lowest BCUT2D eigenvalue weighted by Gasteiger charge is -2.15. The van der Waals surface area contributed by atoms with Crippen LogP contribution < -0.4 is 16.4 Å². The number of benzene rings is 1. The minimum absolute atomic E-state index is 0.0481. The Balaban J connectivity index is 2.65. The third-order valence-corrected chi connectivity index (χ3v) is 2.93. The molecule has 0 radical (unpaired) electrons. The fraction of sp³-hybridized carbons (Fsp3) is 0.357. The molecule has 0 saturated heterocycles. The predicted molar refractivity (Wildman–Crippen MR) is 77.8 cm³/mol. The van der Waals surface area contributed by atoms with E-state index in [0.717, 1.165) is 12.0 Å². The summed E-state index contributed by atoms with van der Waals surface area (Å²) in [7, 11) is 0. The molecule has 0 unspecified atom stereocenters. The molecule has 0 spiro atoms. The number of aryl methyl sites for hydroxylation is 1. The Bertz CT molecular complexity index is 531. The number of hydrogen-bond donors (Lipinski definition) is 4. The highest BCUT2D eigenvalue weighted by Gasteiger charge is 2.20. The van der Waals surface area contributed by atoms with Gasteiger partial charge >= 0.3 is 12.0 Å². The van der Waals surface area contributed by atoms with Crippen LogP contribution in [0.1, 0.15) is 25.3 Å². The zero-order chi connectivity index (χ0) is 15.8. The number of para-hydroxylation sites is 1. The highest BCUT2D eigenvalue weighted by atomic mass is 16.4. The zero-order valence-electron chi connectivity index (χ0n) is 11.8. The van der Waals surface area contributed by atoms with Gasteiger partial charge in [0.1, 0.15) is 6.04 Å². The van der Waals surface area contributed by atoms with E-state index < -0.39 is 23.9 Å². The third-order valence-electron chi connectivity index (χ3n) is 2.93. The Morgan fingerprint density at radius 2 is 1.95 bits per heavy atom. The van der Waals surface area contributed by atoms with Crippen molar-refractivity contribution < 1.29 is 19.5 Å². The molecule has 1 rings (SSSR count). The maximum atomic E-state index is 11.8. The van der Waals surface area contributed by atoms with Crippen LogP contribution in [0.25, 0.3) is 0 Å². The van der Waals surface area contributed by atoms with E-state index in [9.17, 15) is 14.4 Å². The molecule has 0 fully saturated rings. The number of amides is 3. The largest absolute Gasteiger partial charge is 0.480 e. The van der Waals surface area contributed by atoms with Crippen LogP contribution in [0.5, 0.6) is 0 Å². The van der Waals surface area contributed by atoms with E-state index in [1.807, 2.05) is 19.1 Å². The first kappa shape index (κ1) is 16.5. The van der Waals surface area contributed by atoms with E-state index >= 15 is 0 Å². The molecule has 0 saturated carbocycles. The molecule has 21 heavy (non-hydrogen) atoms. The van der Waals surface area contributed by atoms with Crippen LogP contribution >= 0.6 is 0 Å². The van der Waals surface area contributed by atoms with Crippen molar-refractivity contribution in [2.24, 2.45) is 5.73 Å². The number of anilines is 1. The van der Waals surface area contributed by atoms with Crippen LogP contribution in [0.2, 0.25) is 0 Å². The minimum atomic E-state index is -1.21. The second-order valence-corrected chi connectivity index (χ2v) is 4.50. The van der Waals surface area contributed by atoms with Gasteiger partial charge in [0.05, 0.1) is 0 Å². The van der Waals surface area contributed by atoms with Crippen molar-refractivity contribution in [1.82, 2.24) is 5.32 Å². The molecule has 1 atom stereocenters. The highest BCUT2D eigenvalue weighted by Crippen LogP contribution is 2.15. The molecular weight excluding hydrogens is 274 g/mol. The van der Waals surface area contributed by atoms with Gasteiger partial charge < -0.3 is 21.5 Å². The third kappa shape index (κ3) is 5.52. The van der Waals surface area contributed by atoms with Gasteiger partial charge in [-0.1, -0.05) is 25.1 Å². The Labute approximate surface area is 122 Å².